The van der Waals surface area contributed by atoms with Crippen LogP contribution in [0.5, 0.6) is 5.75 Å². The molecule has 1 saturated heterocycles. The second kappa shape index (κ2) is 6.58. The number of halogens is 1. The largest absolute Gasteiger partial charge is 0.508 e. The highest BCUT2D eigenvalue weighted by atomic mass is 35.5. The number of rotatable bonds is 4. The highest BCUT2D eigenvalue weighted by molar-refractivity contribution is 8.00. The number of hydrogen-bond donors (Lipinski definition) is 4. The van der Waals surface area contributed by atoms with E-state index < -0.39 is 35.2 Å². The van der Waals surface area contributed by atoms with E-state index in [1.165, 1.54) is 36.0 Å². The molecule has 3 atom stereocenters. The molecule has 2 amide bonds. The second-order valence-electron chi connectivity index (χ2n) is 5.52. The van der Waals surface area contributed by atoms with Gasteiger partial charge in [0.2, 0.25) is 5.91 Å². The van der Waals surface area contributed by atoms with Gasteiger partial charge in [-0.2, -0.15) is 0 Å². The number of phenolic OH excluding ortho intramolecular Hbond substituents is 1. The van der Waals surface area contributed by atoms with Crippen LogP contribution in [0.15, 0.2) is 35.0 Å². The first-order valence-corrected chi connectivity index (χ1v) is 8.65. The van der Waals surface area contributed by atoms with Crippen LogP contribution in [-0.2, 0) is 14.4 Å². The number of aromatic hydroxyl groups is 1. The van der Waals surface area contributed by atoms with Crippen LogP contribution in [-0.4, -0.2) is 50.1 Å². The van der Waals surface area contributed by atoms with Gasteiger partial charge >= 0.3 is 5.97 Å². The summed E-state index contributed by atoms with van der Waals surface area (Å²) < 4.78 is 0. The van der Waals surface area contributed by atoms with Crippen LogP contribution in [0.1, 0.15) is 11.6 Å². The van der Waals surface area contributed by atoms with Gasteiger partial charge in [-0.25, -0.2) is 4.79 Å². The molecule has 1 aromatic carbocycles. The predicted octanol–water partition coefficient (Wildman–Crippen LogP) is 0.327. The molecule has 2 aliphatic heterocycles. The normalized spacial score (nSPS) is 23.6. The average Bonchev–Trinajstić information content (AvgIpc) is 2.58. The number of aliphatic carboxylic acids is 1. The van der Waals surface area contributed by atoms with E-state index in [1.807, 2.05) is 0 Å². The summed E-state index contributed by atoms with van der Waals surface area (Å²) in [6.07, 6.45) is 0. The maximum absolute atomic E-state index is 12.3. The molecular formula is C15H14ClN3O5S. The van der Waals surface area contributed by atoms with Gasteiger partial charge in [0.15, 0.2) is 0 Å². The van der Waals surface area contributed by atoms with E-state index in [1.54, 1.807) is 0 Å². The molecule has 8 nitrogen and oxygen atoms in total. The molecule has 1 fully saturated rings. The summed E-state index contributed by atoms with van der Waals surface area (Å²) in [6, 6.07) is 3.95. The van der Waals surface area contributed by atoms with Crippen LogP contribution >= 0.6 is 23.4 Å². The maximum Gasteiger partial charge on any atom is 0.353 e. The van der Waals surface area contributed by atoms with Gasteiger partial charge in [0.1, 0.15) is 28.9 Å². The third kappa shape index (κ3) is 3.06. The number of carboxylic acid groups (broad SMARTS) is 1. The van der Waals surface area contributed by atoms with Gasteiger partial charge in [-0.15, -0.1) is 11.8 Å². The van der Waals surface area contributed by atoms with Gasteiger partial charge in [0.25, 0.3) is 5.91 Å². The van der Waals surface area contributed by atoms with E-state index >= 15 is 0 Å². The van der Waals surface area contributed by atoms with Crippen molar-refractivity contribution in [3.8, 4) is 5.75 Å². The summed E-state index contributed by atoms with van der Waals surface area (Å²) in [7, 11) is 0. The fourth-order valence-corrected chi connectivity index (χ4v) is 4.21. The first-order chi connectivity index (χ1) is 11.8. The zero-order chi connectivity index (χ0) is 18.3. The molecule has 0 aliphatic carbocycles. The lowest BCUT2D eigenvalue weighted by molar-refractivity contribution is -0.150. The molecule has 0 radical (unpaired) electrons. The molecule has 0 saturated carbocycles. The van der Waals surface area contributed by atoms with E-state index in [2.05, 4.69) is 5.32 Å². The van der Waals surface area contributed by atoms with Gasteiger partial charge in [0, 0.05) is 5.75 Å². The quantitative estimate of drug-likeness (QED) is 0.550. The highest BCUT2D eigenvalue weighted by Gasteiger charge is 2.54. The smallest absolute Gasteiger partial charge is 0.353 e. The van der Waals surface area contributed by atoms with Crippen molar-refractivity contribution in [1.29, 1.82) is 0 Å². The average molecular weight is 384 g/mol. The Kier molecular flexibility index (Phi) is 4.63. The van der Waals surface area contributed by atoms with Crippen molar-refractivity contribution in [2.45, 2.75) is 17.5 Å². The number of amides is 2. The summed E-state index contributed by atoms with van der Waals surface area (Å²) >= 11 is 7.16. The molecule has 25 heavy (non-hydrogen) atoms. The van der Waals surface area contributed by atoms with Crippen molar-refractivity contribution in [2.75, 3.05) is 5.75 Å². The number of nitrogens with two attached hydrogens (primary N) is 1. The Bertz CT molecular complexity index is 782. The fraction of sp³-hybridized carbons (Fsp3) is 0.267. The van der Waals surface area contributed by atoms with Gasteiger partial charge in [0.05, 0.1) is 5.03 Å². The Morgan fingerprint density at radius 2 is 2.00 bits per heavy atom. The number of nitrogens with zero attached hydrogens (tertiary/aromatic N) is 1. The number of fused-ring (bicyclic) bond motifs is 1. The van der Waals surface area contributed by atoms with E-state index in [9.17, 15) is 24.6 Å². The van der Waals surface area contributed by atoms with Crippen LogP contribution in [0.25, 0.3) is 0 Å². The minimum Gasteiger partial charge on any atom is -0.508 e. The lowest BCUT2D eigenvalue weighted by Gasteiger charge is -2.48. The van der Waals surface area contributed by atoms with Crippen LogP contribution in [0.2, 0.25) is 0 Å². The van der Waals surface area contributed by atoms with Crippen LogP contribution in [0, 0.1) is 0 Å². The van der Waals surface area contributed by atoms with Crippen LogP contribution < -0.4 is 11.1 Å². The Balaban J connectivity index is 1.71. The van der Waals surface area contributed by atoms with Gasteiger partial charge in [-0.3, -0.25) is 14.5 Å². The first-order valence-electron chi connectivity index (χ1n) is 7.22. The lowest BCUT2D eigenvalue weighted by Crippen LogP contribution is -2.70. The van der Waals surface area contributed by atoms with Crippen molar-refractivity contribution in [3.63, 3.8) is 0 Å². The molecule has 132 valence electrons. The Hall–Kier alpha value is -2.23. The number of carbonyl (C=O) groups excluding carboxylic acids is 2. The van der Waals surface area contributed by atoms with Crippen LogP contribution in [0.3, 0.4) is 0 Å². The van der Waals surface area contributed by atoms with Crippen molar-refractivity contribution < 1.29 is 24.6 Å². The third-order valence-corrected chi connectivity index (χ3v) is 5.71. The van der Waals surface area contributed by atoms with Gasteiger partial charge in [-0.1, -0.05) is 23.7 Å². The Morgan fingerprint density at radius 1 is 1.36 bits per heavy atom. The van der Waals surface area contributed by atoms with Gasteiger partial charge < -0.3 is 21.3 Å². The van der Waals surface area contributed by atoms with Crippen molar-refractivity contribution in [2.24, 2.45) is 5.73 Å². The van der Waals surface area contributed by atoms with Crippen molar-refractivity contribution >= 4 is 41.1 Å². The topological polar surface area (TPSA) is 133 Å². The number of nitrogens with one attached hydrogen (secondary N) is 1. The summed E-state index contributed by atoms with van der Waals surface area (Å²) in [6.45, 7) is 0. The Labute approximate surface area is 151 Å². The number of hydrogen-bond acceptors (Lipinski definition) is 6. The standard InChI is InChI=1S/C15H14ClN3O5S/c16-8-5-25-14-10(13(22)19(14)11(8)15(23)24)18-12(21)9(17)6-1-3-7(20)4-2-6/h1-4,9-10,14,20H,5,17H2,(H,18,21)(H,23,24)/t9?,10-,14-/m1/s1. The van der Waals surface area contributed by atoms with Crippen molar-refractivity contribution in [3.05, 3.63) is 40.6 Å². The van der Waals surface area contributed by atoms with E-state index in [0.29, 0.717) is 5.56 Å². The molecule has 0 spiro atoms. The molecule has 2 heterocycles. The molecule has 5 N–H and O–H groups in total. The molecule has 10 heteroatoms. The van der Waals surface area contributed by atoms with Crippen molar-refractivity contribution in [1.82, 2.24) is 10.2 Å². The number of thioether (sulfide) groups is 1. The molecule has 1 unspecified atom stereocenters. The number of carboxylic acids is 1. The first kappa shape index (κ1) is 17.6. The summed E-state index contributed by atoms with van der Waals surface area (Å²) in [4.78, 5) is 36.9. The summed E-state index contributed by atoms with van der Waals surface area (Å²) in [5, 5.41) is 20.6. The number of β-lactam (4-membered cyclic amide) rings is 1. The maximum atomic E-state index is 12.3. The molecular weight excluding hydrogens is 370 g/mol. The second-order valence-corrected chi connectivity index (χ2v) is 7.09. The zero-order valence-electron chi connectivity index (χ0n) is 12.7. The van der Waals surface area contributed by atoms with E-state index in [0.717, 1.165) is 4.90 Å². The monoisotopic (exact) mass is 383 g/mol. The van der Waals surface area contributed by atoms with Crippen LogP contribution in [0.4, 0.5) is 0 Å². The lowest BCUT2D eigenvalue weighted by atomic mass is 10.0. The van der Waals surface area contributed by atoms with Gasteiger partial charge in [-0.05, 0) is 17.7 Å². The highest BCUT2D eigenvalue weighted by Crippen LogP contribution is 2.41. The molecule has 3 rings (SSSR count). The summed E-state index contributed by atoms with van der Waals surface area (Å²) in [5.41, 5.74) is 6.11. The number of phenols is 1. The third-order valence-electron chi connectivity index (χ3n) is 3.96. The SMILES string of the molecule is NC(C(=O)N[C@@H]1C(=O)N2C(C(=O)O)=C(Cl)CS[C@H]12)c1ccc(O)cc1. The Morgan fingerprint density at radius 3 is 2.60 bits per heavy atom. The minimum absolute atomic E-state index is 0.0460. The molecule has 0 bridgehead atoms. The zero-order valence-corrected chi connectivity index (χ0v) is 14.3. The summed E-state index contributed by atoms with van der Waals surface area (Å²) in [5.74, 6) is -2.10. The predicted molar refractivity (Wildman–Crippen MR) is 90.6 cm³/mol. The molecule has 2 aliphatic rings. The number of benzene rings is 1. The van der Waals surface area contributed by atoms with E-state index in [-0.39, 0.29) is 22.2 Å². The molecule has 0 aromatic heterocycles. The number of carbonyl (C=O) groups is 3. The minimum atomic E-state index is -1.28. The van der Waals surface area contributed by atoms with E-state index in [4.69, 9.17) is 17.3 Å². The molecule has 1 aromatic rings. The fourth-order valence-electron chi connectivity index (χ4n) is 2.66.